The molecule has 10 heteroatoms. The van der Waals surface area contributed by atoms with Gasteiger partial charge in [0.2, 0.25) is 0 Å². The molecule has 1 saturated heterocycles. The molecule has 1 aliphatic rings. The predicted molar refractivity (Wildman–Crippen MR) is 99.2 cm³/mol. The number of halogens is 1. The highest BCUT2D eigenvalue weighted by Crippen LogP contribution is 2.44. The third kappa shape index (κ3) is 5.26. The van der Waals surface area contributed by atoms with Crippen LogP contribution in [0.3, 0.4) is 0 Å². The van der Waals surface area contributed by atoms with Gasteiger partial charge < -0.3 is 14.8 Å². The number of likely N-dealkylation sites (tertiary alicyclic amines) is 1. The molecule has 0 aliphatic carbocycles. The van der Waals surface area contributed by atoms with Crippen LogP contribution in [-0.2, 0) is 16.1 Å². The van der Waals surface area contributed by atoms with Crippen molar-refractivity contribution in [3.05, 3.63) is 34.8 Å². The van der Waals surface area contributed by atoms with Crippen LogP contribution in [0.25, 0.3) is 0 Å². The van der Waals surface area contributed by atoms with E-state index in [0.29, 0.717) is 6.42 Å². The number of nitrogens with one attached hydrogen (secondary N) is 1. The van der Waals surface area contributed by atoms with E-state index in [-0.39, 0.29) is 19.5 Å². The summed E-state index contributed by atoms with van der Waals surface area (Å²) < 4.78 is 24.4. The van der Waals surface area contributed by atoms with Crippen molar-refractivity contribution in [2.24, 2.45) is 5.41 Å². The number of carboxylic acids is 1. The first-order valence-corrected chi connectivity index (χ1v) is 9.68. The second-order valence-electron chi connectivity index (χ2n) is 6.44. The van der Waals surface area contributed by atoms with Gasteiger partial charge in [-0.25, -0.2) is 14.3 Å². The molecule has 1 aliphatic heterocycles. The molecule has 1 amide bonds. The van der Waals surface area contributed by atoms with E-state index in [4.69, 9.17) is 5.11 Å². The van der Waals surface area contributed by atoms with Gasteiger partial charge >= 0.3 is 12.1 Å². The molecular weight excluding hydrogens is 428 g/mol. The van der Waals surface area contributed by atoms with E-state index in [0.717, 1.165) is 9.37 Å². The Morgan fingerprint density at radius 2 is 1.92 bits per heavy atom. The van der Waals surface area contributed by atoms with Crippen molar-refractivity contribution in [3.63, 3.8) is 0 Å². The van der Waals surface area contributed by atoms with Crippen LogP contribution in [0.2, 0.25) is 0 Å². The van der Waals surface area contributed by atoms with Gasteiger partial charge in [-0.2, -0.15) is 0 Å². The second kappa shape index (κ2) is 9.45. The maximum atomic E-state index is 11.6. The van der Waals surface area contributed by atoms with Crippen molar-refractivity contribution >= 4 is 39.3 Å². The van der Waals surface area contributed by atoms with Crippen LogP contribution < -0.4 is 4.72 Å². The summed E-state index contributed by atoms with van der Waals surface area (Å²) in [5.41, 5.74) is -2.70. The number of amides is 1. The number of nitrogens with zero attached hydrogens (tertiary/aromatic N) is 1. The predicted octanol–water partition coefficient (Wildman–Crippen LogP) is 2.44. The van der Waals surface area contributed by atoms with Gasteiger partial charge in [-0.3, -0.25) is 9.11 Å². The van der Waals surface area contributed by atoms with Crippen LogP contribution in [0.15, 0.2) is 34.8 Å². The van der Waals surface area contributed by atoms with Crippen molar-refractivity contribution in [3.8, 4) is 0 Å². The van der Waals surface area contributed by atoms with Crippen molar-refractivity contribution < 1.29 is 28.6 Å². The second-order valence-corrected chi connectivity index (χ2v) is 8.11. The Balaban J connectivity index is 0.000000401. The van der Waals surface area contributed by atoms with Gasteiger partial charge in [0.15, 0.2) is 0 Å². The van der Waals surface area contributed by atoms with E-state index in [9.17, 15) is 23.5 Å². The van der Waals surface area contributed by atoms with Crippen LogP contribution in [-0.4, -0.2) is 54.6 Å². The summed E-state index contributed by atoms with van der Waals surface area (Å²) in [6, 6.07) is 9.97. The zero-order chi connectivity index (χ0) is 20.0. The van der Waals surface area contributed by atoms with Crippen LogP contribution in [0.5, 0.6) is 0 Å². The highest BCUT2D eigenvalue weighted by molar-refractivity contribution is 9.10. The molecule has 0 radical (unpaired) electrons. The van der Waals surface area contributed by atoms with Crippen LogP contribution in [0.4, 0.5) is 4.79 Å². The average Bonchev–Trinajstić information content (AvgIpc) is 3.01. The minimum atomic E-state index is -2.52. The van der Waals surface area contributed by atoms with E-state index in [1.54, 1.807) is 13.8 Å². The van der Waals surface area contributed by atoms with E-state index in [2.05, 4.69) is 20.7 Å². The molecule has 1 fully saturated rings. The topological polar surface area (TPSA) is 130 Å². The normalized spacial score (nSPS) is 20.8. The highest BCUT2D eigenvalue weighted by Gasteiger charge is 2.59. The van der Waals surface area contributed by atoms with E-state index in [1.807, 2.05) is 30.3 Å². The number of carboxylic acid groups (broad SMARTS) is 2. The lowest BCUT2D eigenvalue weighted by molar-refractivity contribution is -0.156. The Morgan fingerprint density at radius 1 is 1.35 bits per heavy atom. The molecule has 1 aromatic carbocycles. The molecule has 0 saturated carbocycles. The fourth-order valence-corrected chi connectivity index (χ4v) is 3.88. The molecule has 1 heterocycles. The lowest BCUT2D eigenvalue weighted by atomic mass is 9.70. The summed E-state index contributed by atoms with van der Waals surface area (Å²) in [6.45, 7) is 3.06. The van der Waals surface area contributed by atoms with Gasteiger partial charge in [0, 0.05) is 34.2 Å². The summed E-state index contributed by atoms with van der Waals surface area (Å²) in [6.07, 6.45) is -0.715. The van der Waals surface area contributed by atoms with E-state index >= 15 is 0 Å². The lowest BCUT2D eigenvalue weighted by Gasteiger charge is -2.45. The molecule has 146 valence electrons. The van der Waals surface area contributed by atoms with Crippen LogP contribution in [0, 0.1) is 5.41 Å². The van der Waals surface area contributed by atoms with Gasteiger partial charge in [0.05, 0.1) is 0 Å². The largest absolute Gasteiger partial charge is 0.760 e. The minimum Gasteiger partial charge on any atom is -0.760 e. The molecule has 3 N–H and O–H groups in total. The fraction of sp³-hybridized carbons (Fsp3) is 0.500. The molecule has 2 unspecified atom stereocenters. The Hall–Kier alpha value is -1.49. The van der Waals surface area contributed by atoms with Crippen molar-refractivity contribution in [2.75, 3.05) is 13.1 Å². The highest BCUT2D eigenvalue weighted by atomic mass is 79.9. The maximum absolute atomic E-state index is 11.6. The summed E-state index contributed by atoms with van der Waals surface area (Å²) in [5, 5.41) is 18.7. The number of rotatable bonds is 5. The molecule has 0 bridgehead atoms. The zero-order valence-electron chi connectivity index (χ0n) is 14.5. The summed E-state index contributed by atoms with van der Waals surface area (Å²) in [4.78, 5) is 23.8. The summed E-state index contributed by atoms with van der Waals surface area (Å²) in [5.74, 6) is -1.25. The molecule has 8 nitrogen and oxygen atoms in total. The Labute approximate surface area is 163 Å². The van der Waals surface area contributed by atoms with E-state index < -0.39 is 34.3 Å². The number of carbonyl (C=O) groups is 2. The summed E-state index contributed by atoms with van der Waals surface area (Å²) >= 11 is 0.787. The minimum absolute atomic E-state index is 0.130. The average molecular weight is 450 g/mol. The quantitative estimate of drug-likeness (QED) is 0.591. The smallest absolute Gasteiger partial charge is 0.408 e. The van der Waals surface area contributed by atoms with Gasteiger partial charge in [-0.1, -0.05) is 48.0 Å². The molecule has 1 aromatic rings. The fourth-order valence-electron chi connectivity index (χ4n) is 3.09. The first-order valence-electron chi connectivity index (χ1n) is 7.82. The molecule has 26 heavy (non-hydrogen) atoms. The monoisotopic (exact) mass is 449 g/mol. The van der Waals surface area contributed by atoms with Gasteiger partial charge in [0.1, 0.15) is 5.54 Å². The number of hydrogen-bond donors (Lipinski definition) is 3. The van der Waals surface area contributed by atoms with Crippen LogP contribution in [0.1, 0.15) is 26.7 Å². The number of benzene rings is 1. The Morgan fingerprint density at radius 3 is 2.31 bits per heavy atom. The first kappa shape index (κ1) is 22.6. The first-order chi connectivity index (χ1) is 12.0. The lowest BCUT2D eigenvalue weighted by Crippen LogP contribution is -2.63. The van der Waals surface area contributed by atoms with Crippen molar-refractivity contribution in [1.29, 1.82) is 0 Å². The van der Waals surface area contributed by atoms with Crippen molar-refractivity contribution in [1.82, 2.24) is 9.62 Å². The molecule has 0 aromatic heterocycles. The number of hydrogen-bond acceptors (Lipinski definition) is 4. The zero-order valence-corrected chi connectivity index (χ0v) is 16.9. The van der Waals surface area contributed by atoms with E-state index in [1.165, 1.54) is 0 Å². The number of aliphatic carboxylic acids is 1. The molecule has 0 spiro atoms. The maximum Gasteiger partial charge on any atom is 0.408 e. The Bertz CT molecular complexity index is 657. The van der Waals surface area contributed by atoms with Gasteiger partial charge in [0.25, 0.3) is 0 Å². The van der Waals surface area contributed by atoms with Crippen molar-refractivity contribution in [2.45, 2.75) is 32.2 Å². The standard InChI is InChI=1S/C10H18N2O6S.C6H5Br/c1-9(2,6-11-19(17)18)10(7(13)14)4-3-5-12(10)8(15)16;7-6-4-2-1-3-5-6/h11H,3-6H2,1-2H3,(H,13,14)(H,15,16)(H,17,18);1-5H/p-1. The molecule has 2 atom stereocenters. The van der Waals surface area contributed by atoms with Gasteiger partial charge in [-0.15, -0.1) is 0 Å². The molecule has 2 rings (SSSR count). The Kier molecular flexibility index (Phi) is 8.19. The van der Waals surface area contributed by atoms with Gasteiger partial charge in [-0.05, 0) is 25.0 Å². The molecular formula is C16H22BrN2O6S-. The summed E-state index contributed by atoms with van der Waals surface area (Å²) in [7, 11) is 0. The van der Waals surface area contributed by atoms with Crippen LogP contribution >= 0.6 is 15.9 Å². The third-order valence-corrected chi connectivity index (χ3v) is 5.36. The SMILES string of the molecule is Brc1ccccc1.CC(C)(CNS(=O)[O-])C1(C(=O)O)CCCN1C(=O)O. The third-order valence-electron chi connectivity index (χ3n) is 4.45.